The molecule has 1 aromatic carbocycles. The normalized spacial score (nSPS) is 18.5. The molecule has 1 atom stereocenters. The number of halogens is 2. The topological polar surface area (TPSA) is 70.7 Å². The van der Waals surface area contributed by atoms with Gasteiger partial charge in [-0.1, -0.05) is 23.2 Å². The summed E-state index contributed by atoms with van der Waals surface area (Å²) in [5.41, 5.74) is 6.41. The Bertz CT molecular complexity index is 586. The van der Waals surface area contributed by atoms with E-state index in [4.69, 9.17) is 28.9 Å². The molecule has 0 aliphatic carbocycles. The van der Waals surface area contributed by atoms with E-state index in [1.54, 1.807) is 13.1 Å². The molecule has 1 aliphatic rings. The number of carbonyl (C=O) groups is 1. The van der Waals surface area contributed by atoms with Crippen LogP contribution in [0.25, 0.3) is 0 Å². The van der Waals surface area contributed by atoms with Gasteiger partial charge in [0.1, 0.15) is 0 Å². The smallest absolute Gasteiger partial charge is 0.217 e. The highest BCUT2D eigenvalue weighted by molar-refractivity contribution is 6.34. The van der Waals surface area contributed by atoms with Crippen molar-refractivity contribution in [2.24, 2.45) is 16.6 Å². The first-order valence-corrected chi connectivity index (χ1v) is 8.92. The molecule has 1 aromatic rings. The average molecular weight is 371 g/mol. The summed E-state index contributed by atoms with van der Waals surface area (Å²) >= 11 is 12.0. The van der Waals surface area contributed by atoms with Crippen LogP contribution >= 0.6 is 23.2 Å². The second-order valence-corrected chi connectivity index (χ2v) is 7.00. The van der Waals surface area contributed by atoms with E-state index >= 15 is 0 Å². The van der Waals surface area contributed by atoms with Crippen LogP contribution in [0.3, 0.4) is 0 Å². The van der Waals surface area contributed by atoms with E-state index in [9.17, 15) is 4.79 Å². The number of hydrogen-bond donors (Lipinski definition) is 2. The molecule has 0 saturated carbocycles. The third-order valence-corrected chi connectivity index (χ3v) is 4.58. The van der Waals surface area contributed by atoms with E-state index < -0.39 is 0 Å². The van der Waals surface area contributed by atoms with Gasteiger partial charge in [0.15, 0.2) is 5.96 Å². The fourth-order valence-electron chi connectivity index (χ4n) is 3.11. The zero-order valence-electron chi connectivity index (χ0n) is 13.9. The number of nitrogens with one attached hydrogen (secondary N) is 1. The van der Waals surface area contributed by atoms with Crippen molar-refractivity contribution in [3.05, 3.63) is 33.8 Å². The molecule has 3 N–H and O–H groups in total. The maximum Gasteiger partial charge on any atom is 0.217 e. The Balaban J connectivity index is 1.86. The number of aliphatic imine (C=N–C) groups is 1. The monoisotopic (exact) mass is 370 g/mol. The fourth-order valence-corrected chi connectivity index (χ4v) is 3.69. The summed E-state index contributed by atoms with van der Waals surface area (Å²) in [7, 11) is 1.77. The van der Waals surface area contributed by atoms with Crippen LogP contribution in [-0.2, 0) is 11.2 Å². The van der Waals surface area contributed by atoms with Gasteiger partial charge < -0.3 is 16.0 Å². The SMILES string of the molecule is CN=C(NCCc1cc(Cl)cc(Cl)c1)N1CCCC(CC(N)=O)C1. The molecule has 0 radical (unpaired) electrons. The van der Waals surface area contributed by atoms with Crippen molar-refractivity contribution in [1.82, 2.24) is 10.2 Å². The van der Waals surface area contributed by atoms with Crippen molar-refractivity contribution in [3.8, 4) is 0 Å². The lowest BCUT2D eigenvalue weighted by Crippen LogP contribution is -2.47. The molecule has 1 fully saturated rings. The summed E-state index contributed by atoms with van der Waals surface area (Å²) in [6, 6.07) is 5.56. The number of likely N-dealkylation sites (tertiary alicyclic amines) is 1. The minimum atomic E-state index is -0.234. The molecule has 0 aromatic heterocycles. The van der Waals surface area contributed by atoms with Crippen molar-refractivity contribution in [3.63, 3.8) is 0 Å². The van der Waals surface area contributed by atoms with Crippen molar-refractivity contribution >= 4 is 35.1 Å². The second-order valence-electron chi connectivity index (χ2n) is 6.13. The van der Waals surface area contributed by atoms with Crippen LogP contribution in [0.4, 0.5) is 0 Å². The van der Waals surface area contributed by atoms with Gasteiger partial charge >= 0.3 is 0 Å². The highest BCUT2D eigenvalue weighted by Crippen LogP contribution is 2.20. The van der Waals surface area contributed by atoms with Gasteiger partial charge in [-0.25, -0.2) is 0 Å². The van der Waals surface area contributed by atoms with Crippen LogP contribution in [0.5, 0.6) is 0 Å². The predicted molar refractivity (Wildman–Crippen MR) is 99.6 cm³/mol. The number of hydrogen-bond acceptors (Lipinski definition) is 2. The Morgan fingerprint density at radius 2 is 2.08 bits per heavy atom. The van der Waals surface area contributed by atoms with E-state index in [0.717, 1.165) is 50.4 Å². The third kappa shape index (κ3) is 5.87. The summed E-state index contributed by atoms with van der Waals surface area (Å²) in [5.74, 6) is 0.932. The van der Waals surface area contributed by atoms with Crippen LogP contribution in [0.15, 0.2) is 23.2 Å². The number of piperidine rings is 1. The van der Waals surface area contributed by atoms with Gasteiger partial charge in [-0.15, -0.1) is 0 Å². The third-order valence-electron chi connectivity index (χ3n) is 4.14. The molecule has 24 heavy (non-hydrogen) atoms. The van der Waals surface area contributed by atoms with Crippen LogP contribution in [0, 0.1) is 5.92 Å². The van der Waals surface area contributed by atoms with Crippen molar-refractivity contribution in [2.45, 2.75) is 25.7 Å². The largest absolute Gasteiger partial charge is 0.370 e. The summed E-state index contributed by atoms with van der Waals surface area (Å²) in [6.07, 6.45) is 3.33. The maximum atomic E-state index is 11.1. The molecule has 1 saturated heterocycles. The number of carbonyl (C=O) groups excluding carboxylic acids is 1. The number of rotatable bonds is 5. The Morgan fingerprint density at radius 3 is 2.71 bits per heavy atom. The van der Waals surface area contributed by atoms with Crippen LogP contribution in [-0.4, -0.2) is 43.4 Å². The van der Waals surface area contributed by atoms with Gasteiger partial charge in [0.05, 0.1) is 0 Å². The molecule has 2 rings (SSSR count). The van der Waals surface area contributed by atoms with E-state index in [0.29, 0.717) is 22.4 Å². The average Bonchev–Trinajstić information content (AvgIpc) is 2.50. The first-order valence-electron chi connectivity index (χ1n) is 8.17. The van der Waals surface area contributed by atoms with Gasteiger partial charge in [-0.05, 0) is 48.9 Å². The molecule has 1 unspecified atom stereocenters. The van der Waals surface area contributed by atoms with Gasteiger partial charge in [-0.2, -0.15) is 0 Å². The quantitative estimate of drug-likeness (QED) is 0.618. The molecule has 1 aliphatic heterocycles. The first kappa shape index (κ1) is 18.9. The lowest BCUT2D eigenvalue weighted by Gasteiger charge is -2.34. The summed E-state index contributed by atoms with van der Waals surface area (Å²) < 4.78 is 0. The lowest BCUT2D eigenvalue weighted by molar-refractivity contribution is -0.119. The second kappa shape index (κ2) is 9.14. The molecule has 1 heterocycles. The molecule has 132 valence electrons. The zero-order valence-corrected chi connectivity index (χ0v) is 15.4. The van der Waals surface area contributed by atoms with Gasteiger partial charge in [-0.3, -0.25) is 9.79 Å². The Hall–Kier alpha value is -1.46. The summed E-state index contributed by atoms with van der Waals surface area (Å²) in [5, 5.41) is 4.67. The van der Waals surface area contributed by atoms with Gasteiger partial charge in [0.2, 0.25) is 5.91 Å². The van der Waals surface area contributed by atoms with Crippen LogP contribution in [0.2, 0.25) is 10.0 Å². The molecule has 5 nitrogen and oxygen atoms in total. The molecule has 0 bridgehead atoms. The Morgan fingerprint density at radius 1 is 1.38 bits per heavy atom. The first-order chi connectivity index (χ1) is 11.5. The minimum absolute atomic E-state index is 0.234. The zero-order chi connectivity index (χ0) is 17.5. The van der Waals surface area contributed by atoms with Gasteiger partial charge in [0.25, 0.3) is 0 Å². The minimum Gasteiger partial charge on any atom is -0.370 e. The highest BCUT2D eigenvalue weighted by Gasteiger charge is 2.23. The number of guanidine groups is 1. The van der Waals surface area contributed by atoms with Crippen molar-refractivity contribution in [2.75, 3.05) is 26.7 Å². The predicted octanol–water partition coefficient (Wildman–Crippen LogP) is 2.70. The van der Waals surface area contributed by atoms with E-state index in [2.05, 4.69) is 15.2 Å². The van der Waals surface area contributed by atoms with E-state index in [-0.39, 0.29) is 5.91 Å². The lowest BCUT2D eigenvalue weighted by atomic mass is 9.95. The number of nitrogens with two attached hydrogens (primary N) is 1. The summed E-state index contributed by atoms with van der Waals surface area (Å²) in [4.78, 5) is 17.7. The molecular weight excluding hydrogens is 347 g/mol. The maximum absolute atomic E-state index is 11.1. The van der Waals surface area contributed by atoms with Crippen molar-refractivity contribution in [1.29, 1.82) is 0 Å². The molecular formula is C17H24Cl2N4O. The molecule has 0 spiro atoms. The number of benzene rings is 1. The molecule has 1 amide bonds. The fraction of sp³-hybridized carbons (Fsp3) is 0.529. The number of nitrogens with zero attached hydrogens (tertiary/aromatic N) is 2. The van der Waals surface area contributed by atoms with E-state index in [1.165, 1.54) is 0 Å². The van der Waals surface area contributed by atoms with Crippen LogP contribution < -0.4 is 11.1 Å². The van der Waals surface area contributed by atoms with Crippen LogP contribution in [0.1, 0.15) is 24.8 Å². The van der Waals surface area contributed by atoms with Gasteiger partial charge in [0, 0.05) is 43.1 Å². The van der Waals surface area contributed by atoms with Crippen molar-refractivity contribution < 1.29 is 4.79 Å². The Labute approximate surface area is 153 Å². The summed E-state index contributed by atoms with van der Waals surface area (Å²) in [6.45, 7) is 2.49. The standard InChI is InChI=1S/C17H24Cl2N4O/c1-21-17(23-6-2-3-13(11-23)9-16(20)24)22-5-4-12-7-14(18)10-15(19)8-12/h7-8,10,13H,2-6,9,11H2,1H3,(H2,20,24)(H,21,22). The highest BCUT2D eigenvalue weighted by atomic mass is 35.5. The Kier molecular flexibility index (Phi) is 7.18. The number of primary amides is 1. The molecule has 7 heteroatoms. The van der Waals surface area contributed by atoms with E-state index in [1.807, 2.05) is 12.1 Å². The number of amides is 1.